The minimum Gasteiger partial charge on any atom is -0.385 e. The second-order valence-electron chi connectivity index (χ2n) is 6.17. The quantitative estimate of drug-likeness (QED) is 0.269. The van der Waals surface area contributed by atoms with Crippen molar-refractivity contribution in [3.05, 3.63) is 35.6 Å². The van der Waals surface area contributed by atoms with Crippen LogP contribution in [0.25, 0.3) is 0 Å². The first-order chi connectivity index (χ1) is 12.2. The largest absolute Gasteiger partial charge is 0.385 e. The van der Waals surface area contributed by atoms with Gasteiger partial charge in [-0.2, -0.15) is 0 Å². The number of ether oxygens (including phenoxy) is 2. The number of methoxy groups -OCH3 is 1. The van der Waals surface area contributed by atoms with E-state index in [1.165, 1.54) is 6.07 Å². The zero-order valence-electron chi connectivity index (χ0n) is 15.7. The molecule has 0 radical (unpaired) electrons. The first-order valence-electron chi connectivity index (χ1n) is 9.11. The molecular formula is C19H31FIN3O2. The Morgan fingerprint density at radius 1 is 1.27 bits per heavy atom. The third-order valence-electron chi connectivity index (χ3n) is 4.28. The number of benzene rings is 1. The van der Waals surface area contributed by atoms with Crippen molar-refractivity contribution in [3.63, 3.8) is 0 Å². The average Bonchev–Trinajstić information content (AvgIpc) is 2.64. The maximum Gasteiger partial charge on any atom is 0.194 e. The molecule has 0 aromatic heterocycles. The highest BCUT2D eigenvalue weighted by Gasteiger charge is 2.21. The Labute approximate surface area is 173 Å². The number of hydrogen-bond acceptors (Lipinski definition) is 3. The molecule has 0 spiro atoms. The smallest absolute Gasteiger partial charge is 0.194 e. The summed E-state index contributed by atoms with van der Waals surface area (Å²) in [6, 6.07) is 6.80. The fraction of sp³-hybridized carbons (Fsp3) is 0.632. The van der Waals surface area contributed by atoms with Gasteiger partial charge < -0.3 is 19.7 Å². The Hall–Kier alpha value is -0.930. The molecule has 2 rings (SSSR count). The lowest BCUT2D eigenvalue weighted by Crippen LogP contribution is -2.47. The highest BCUT2D eigenvalue weighted by molar-refractivity contribution is 14.0. The minimum atomic E-state index is -0.203. The van der Waals surface area contributed by atoms with E-state index in [4.69, 9.17) is 9.47 Å². The fourth-order valence-corrected chi connectivity index (χ4v) is 2.90. The number of nitrogens with zero attached hydrogens (tertiary/aromatic N) is 2. The predicted octanol–water partition coefficient (Wildman–Crippen LogP) is 3.43. The van der Waals surface area contributed by atoms with Crippen molar-refractivity contribution in [3.8, 4) is 0 Å². The summed E-state index contributed by atoms with van der Waals surface area (Å²) >= 11 is 0. The van der Waals surface area contributed by atoms with Crippen molar-refractivity contribution >= 4 is 29.9 Å². The van der Waals surface area contributed by atoms with Crippen LogP contribution >= 0.6 is 24.0 Å². The van der Waals surface area contributed by atoms with Crippen LogP contribution in [0.15, 0.2) is 29.3 Å². The maximum absolute atomic E-state index is 13.8. The highest BCUT2D eigenvalue weighted by Crippen LogP contribution is 2.15. The molecule has 5 nitrogen and oxygen atoms in total. The number of guanidine groups is 1. The van der Waals surface area contributed by atoms with E-state index in [0.717, 1.165) is 58.1 Å². The van der Waals surface area contributed by atoms with Crippen molar-refractivity contribution in [2.24, 2.45) is 4.99 Å². The lowest BCUT2D eigenvalue weighted by atomic mass is 10.1. The zero-order chi connectivity index (χ0) is 17.9. The topological polar surface area (TPSA) is 46.1 Å². The third-order valence-corrected chi connectivity index (χ3v) is 4.28. The van der Waals surface area contributed by atoms with Gasteiger partial charge in [-0.3, -0.25) is 0 Å². The van der Waals surface area contributed by atoms with E-state index in [0.29, 0.717) is 18.2 Å². The summed E-state index contributed by atoms with van der Waals surface area (Å²) in [5.41, 5.74) is 0.620. The first-order valence-corrected chi connectivity index (χ1v) is 9.11. The normalized spacial score (nSPS) is 15.7. The van der Waals surface area contributed by atoms with Gasteiger partial charge in [0, 0.05) is 45.5 Å². The lowest BCUT2D eigenvalue weighted by Gasteiger charge is -2.34. The standard InChI is InChI=1S/C19H30FN3O2.HI/c1-3-21-19(22-15-16-7-4-5-8-18(16)20)23-11-9-17(10-12-23)25-14-6-13-24-2;/h4-5,7-8,17H,3,6,9-15H2,1-2H3,(H,21,22);1H. The van der Waals surface area contributed by atoms with Crippen molar-refractivity contribution < 1.29 is 13.9 Å². The van der Waals surface area contributed by atoms with E-state index < -0.39 is 0 Å². The Morgan fingerprint density at radius 2 is 2.00 bits per heavy atom. The number of piperidine rings is 1. The number of nitrogens with one attached hydrogen (secondary N) is 1. The van der Waals surface area contributed by atoms with Crippen LogP contribution in [0.1, 0.15) is 31.7 Å². The summed E-state index contributed by atoms with van der Waals surface area (Å²) in [4.78, 5) is 6.85. The summed E-state index contributed by atoms with van der Waals surface area (Å²) in [5.74, 6) is 0.647. The monoisotopic (exact) mass is 479 g/mol. The van der Waals surface area contributed by atoms with Gasteiger partial charge in [-0.25, -0.2) is 9.38 Å². The molecule has 0 atom stereocenters. The molecule has 26 heavy (non-hydrogen) atoms. The summed E-state index contributed by atoms with van der Waals surface area (Å²) in [7, 11) is 1.71. The average molecular weight is 479 g/mol. The zero-order valence-corrected chi connectivity index (χ0v) is 18.1. The fourth-order valence-electron chi connectivity index (χ4n) is 2.90. The van der Waals surface area contributed by atoms with Gasteiger partial charge in [-0.15, -0.1) is 24.0 Å². The molecule has 1 aliphatic heterocycles. The Kier molecular flexibility index (Phi) is 11.8. The minimum absolute atomic E-state index is 0. The van der Waals surface area contributed by atoms with Gasteiger partial charge in [-0.1, -0.05) is 18.2 Å². The summed E-state index contributed by atoms with van der Waals surface area (Å²) in [6.45, 7) is 6.48. The molecule has 1 aromatic rings. The molecule has 0 amide bonds. The van der Waals surface area contributed by atoms with E-state index in [-0.39, 0.29) is 29.8 Å². The number of hydrogen-bond donors (Lipinski definition) is 1. The molecular weight excluding hydrogens is 448 g/mol. The highest BCUT2D eigenvalue weighted by atomic mass is 127. The van der Waals surface area contributed by atoms with Crippen molar-refractivity contribution in [1.29, 1.82) is 0 Å². The molecule has 7 heteroatoms. The van der Waals surface area contributed by atoms with Gasteiger partial charge in [0.05, 0.1) is 12.6 Å². The number of likely N-dealkylation sites (tertiary alicyclic amines) is 1. The molecule has 0 saturated carbocycles. The molecule has 1 fully saturated rings. The van der Waals surface area contributed by atoms with Crippen molar-refractivity contribution in [1.82, 2.24) is 10.2 Å². The van der Waals surface area contributed by atoms with Crippen LogP contribution < -0.4 is 5.32 Å². The third kappa shape index (κ3) is 7.75. The molecule has 1 aliphatic rings. The van der Waals surface area contributed by atoms with Gasteiger partial charge in [0.1, 0.15) is 5.82 Å². The second kappa shape index (κ2) is 13.3. The molecule has 1 N–H and O–H groups in total. The molecule has 1 aromatic carbocycles. The van der Waals surface area contributed by atoms with Crippen LogP contribution in [0.4, 0.5) is 4.39 Å². The summed E-state index contributed by atoms with van der Waals surface area (Å²) < 4.78 is 24.7. The predicted molar refractivity (Wildman–Crippen MR) is 114 cm³/mol. The summed E-state index contributed by atoms with van der Waals surface area (Å²) in [6.07, 6.45) is 3.21. The number of halogens is 2. The maximum atomic E-state index is 13.8. The van der Waals surface area contributed by atoms with Crippen molar-refractivity contribution in [2.45, 2.75) is 38.8 Å². The molecule has 1 heterocycles. The van der Waals surface area contributed by atoms with Crippen LogP contribution in [0, 0.1) is 5.82 Å². The van der Waals surface area contributed by atoms with E-state index in [1.54, 1.807) is 19.2 Å². The number of aliphatic imine (C=N–C) groups is 1. The lowest BCUT2D eigenvalue weighted by molar-refractivity contribution is 0.00990. The van der Waals surface area contributed by atoms with Crippen LogP contribution in [0.5, 0.6) is 0 Å². The van der Waals surface area contributed by atoms with E-state index in [2.05, 4.69) is 15.2 Å². The number of rotatable bonds is 8. The van der Waals surface area contributed by atoms with Gasteiger partial charge in [0.2, 0.25) is 0 Å². The summed E-state index contributed by atoms with van der Waals surface area (Å²) in [5, 5.41) is 3.31. The van der Waals surface area contributed by atoms with Gasteiger partial charge in [0.25, 0.3) is 0 Å². The Balaban J connectivity index is 0.00000338. The van der Waals surface area contributed by atoms with E-state index in [1.807, 2.05) is 13.0 Å². The molecule has 1 saturated heterocycles. The Morgan fingerprint density at radius 3 is 2.65 bits per heavy atom. The van der Waals surface area contributed by atoms with Crippen LogP contribution in [0.2, 0.25) is 0 Å². The molecule has 0 bridgehead atoms. The first kappa shape index (κ1) is 23.1. The second-order valence-corrected chi connectivity index (χ2v) is 6.17. The van der Waals surface area contributed by atoms with E-state index >= 15 is 0 Å². The van der Waals surface area contributed by atoms with Crippen molar-refractivity contribution in [2.75, 3.05) is 40.0 Å². The molecule has 0 aliphatic carbocycles. The molecule has 0 unspecified atom stereocenters. The van der Waals surface area contributed by atoms with Gasteiger partial charge >= 0.3 is 0 Å². The van der Waals surface area contributed by atoms with E-state index in [9.17, 15) is 4.39 Å². The van der Waals surface area contributed by atoms with Crippen LogP contribution in [-0.4, -0.2) is 56.9 Å². The van der Waals surface area contributed by atoms with Crippen LogP contribution in [-0.2, 0) is 16.0 Å². The van der Waals surface area contributed by atoms with Gasteiger partial charge in [-0.05, 0) is 32.3 Å². The Bertz CT molecular complexity index is 537. The van der Waals surface area contributed by atoms with Gasteiger partial charge in [0.15, 0.2) is 5.96 Å². The van der Waals surface area contributed by atoms with Crippen LogP contribution in [0.3, 0.4) is 0 Å². The molecule has 148 valence electrons. The SMILES string of the molecule is CCNC(=NCc1ccccc1F)N1CCC(OCCCOC)CC1.I.